The summed E-state index contributed by atoms with van der Waals surface area (Å²) in [6, 6.07) is 12.1. The molecule has 0 atom stereocenters. The van der Waals surface area contributed by atoms with Crippen LogP contribution in [0.2, 0.25) is 0 Å². The predicted molar refractivity (Wildman–Crippen MR) is 69.3 cm³/mol. The lowest BCUT2D eigenvalue weighted by Gasteiger charge is -2.09. The van der Waals surface area contributed by atoms with Gasteiger partial charge in [0.1, 0.15) is 0 Å². The molecule has 0 bridgehead atoms. The van der Waals surface area contributed by atoms with Crippen LogP contribution in [-0.2, 0) is 6.54 Å². The Kier molecular flexibility index (Phi) is 3.60. The third kappa shape index (κ3) is 2.97. The SMILES string of the molecule is COc1ccc(CNc2ccccc2C)cn1. The van der Waals surface area contributed by atoms with E-state index >= 15 is 0 Å². The first kappa shape index (κ1) is 11.5. The van der Waals surface area contributed by atoms with Crippen LogP contribution in [0, 0.1) is 6.92 Å². The van der Waals surface area contributed by atoms with Crippen molar-refractivity contribution in [1.29, 1.82) is 0 Å². The summed E-state index contributed by atoms with van der Waals surface area (Å²) >= 11 is 0. The van der Waals surface area contributed by atoms with Gasteiger partial charge in [0.2, 0.25) is 5.88 Å². The van der Waals surface area contributed by atoms with Gasteiger partial charge in [0.25, 0.3) is 0 Å². The summed E-state index contributed by atoms with van der Waals surface area (Å²) in [6.45, 7) is 2.86. The van der Waals surface area contributed by atoms with Crippen LogP contribution in [0.3, 0.4) is 0 Å². The second-order valence-corrected chi connectivity index (χ2v) is 3.88. The summed E-state index contributed by atoms with van der Waals surface area (Å²) < 4.78 is 5.02. The summed E-state index contributed by atoms with van der Waals surface area (Å²) in [4.78, 5) is 4.17. The molecule has 1 heterocycles. The molecule has 0 radical (unpaired) electrons. The Morgan fingerprint density at radius 2 is 2.00 bits per heavy atom. The van der Waals surface area contributed by atoms with E-state index < -0.39 is 0 Å². The minimum atomic E-state index is 0.643. The van der Waals surface area contributed by atoms with E-state index in [9.17, 15) is 0 Å². The molecule has 1 aromatic heterocycles. The largest absolute Gasteiger partial charge is 0.481 e. The van der Waals surface area contributed by atoms with Crippen molar-refractivity contribution in [1.82, 2.24) is 4.98 Å². The number of aromatic nitrogens is 1. The van der Waals surface area contributed by atoms with Gasteiger partial charge in [-0.2, -0.15) is 0 Å². The Morgan fingerprint density at radius 1 is 1.18 bits per heavy atom. The average molecular weight is 228 g/mol. The molecule has 1 N–H and O–H groups in total. The summed E-state index contributed by atoms with van der Waals surface area (Å²) in [5.74, 6) is 0.643. The van der Waals surface area contributed by atoms with Gasteiger partial charge in [-0.15, -0.1) is 0 Å². The number of aryl methyl sites for hydroxylation is 1. The highest BCUT2D eigenvalue weighted by Gasteiger charge is 1.98. The van der Waals surface area contributed by atoms with Crippen molar-refractivity contribution in [2.75, 3.05) is 12.4 Å². The third-order valence-electron chi connectivity index (χ3n) is 2.63. The van der Waals surface area contributed by atoms with Crippen molar-refractivity contribution in [2.24, 2.45) is 0 Å². The van der Waals surface area contributed by atoms with Gasteiger partial charge in [-0.3, -0.25) is 0 Å². The van der Waals surface area contributed by atoms with Gasteiger partial charge in [-0.1, -0.05) is 24.3 Å². The number of nitrogens with zero attached hydrogens (tertiary/aromatic N) is 1. The number of pyridine rings is 1. The molecule has 0 amide bonds. The van der Waals surface area contributed by atoms with Crippen molar-refractivity contribution in [3.63, 3.8) is 0 Å². The van der Waals surface area contributed by atoms with Crippen molar-refractivity contribution in [3.05, 3.63) is 53.7 Å². The van der Waals surface area contributed by atoms with Crippen molar-refractivity contribution in [3.8, 4) is 5.88 Å². The molecule has 3 heteroatoms. The molecule has 1 aromatic carbocycles. The minimum absolute atomic E-state index is 0.643. The highest BCUT2D eigenvalue weighted by molar-refractivity contribution is 5.50. The fraction of sp³-hybridized carbons (Fsp3) is 0.214. The molecule has 0 aliphatic heterocycles. The maximum Gasteiger partial charge on any atom is 0.212 e. The zero-order valence-corrected chi connectivity index (χ0v) is 10.1. The lowest BCUT2D eigenvalue weighted by atomic mass is 10.2. The maximum atomic E-state index is 5.02. The number of ether oxygens (including phenoxy) is 1. The van der Waals surface area contributed by atoms with Crippen molar-refractivity contribution in [2.45, 2.75) is 13.5 Å². The molecule has 88 valence electrons. The van der Waals surface area contributed by atoms with E-state index in [1.54, 1.807) is 7.11 Å². The molecule has 0 aliphatic carbocycles. The monoisotopic (exact) mass is 228 g/mol. The molecular formula is C14H16N2O. The molecule has 0 unspecified atom stereocenters. The van der Waals surface area contributed by atoms with E-state index in [1.165, 1.54) is 5.56 Å². The van der Waals surface area contributed by atoms with Gasteiger partial charge < -0.3 is 10.1 Å². The second kappa shape index (κ2) is 5.34. The van der Waals surface area contributed by atoms with Crippen LogP contribution in [0.4, 0.5) is 5.69 Å². The standard InChI is InChI=1S/C14H16N2O/c1-11-5-3-4-6-13(11)15-9-12-7-8-14(17-2)16-10-12/h3-8,10,15H,9H2,1-2H3. The average Bonchev–Trinajstić information content (AvgIpc) is 2.38. The quantitative estimate of drug-likeness (QED) is 0.873. The predicted octanol–water partition coefficient (Wildman–Crippen LogP) is 3.01. The Bertz CT molecular complexity index is 480. The first-order valence-corrected chi connectivity index (χ1v) is 5.58. The van der Waals surface area contributed by atoms with E-state index in [-0.39, 0.29) is 0 Å². The third-order valence-corrected chi connectivity index (χ3v) is 2.63. The summed E-state index contributed by atoms with van der Waals surface area (Å²) in [5, 5.41) is 3.39. The lowest BCUT2D eigenvalue weighted by molar-refractivity contribution is 0.397. The molecule has 0 aliphatic rings. The molecule has 0 saturated heterocycles. The Balaban J connectivity index is 2.00. The molecule has 0 saturated carbocycles. The second-order valence-electron chi connectivity index (χ2n) is 3.88. The smallest absolute Gasteiger partial charge is 0.212 e. The Morgan fingerprint density at radius 3 is 2.65 bits per heavy atom. The van der Waals surface area contributed by atoms with Crippen LogP contribution in [0.5, 0.6) is 5.88 Å². The van der Waals surface area contributed by atoms with Crippen LogP contribution in [0.15, 0.2) is 42.6 Å². The van der Waals surface area contributed by atoms with Crippen LogP contribution in [0.1, 0.15) is 11.1 Å². The normalized spacial score (nSPS) is 10.0. The maximum absolute atomic E-state index is 5.02. The van der Waals surface area contributed by atoms with Gasteiger partial charge >= 0.3 is 0 Å². The van der Waals surface area contributed by atoms with E-state index in [4.69, 9.17) is 4.74 Å². The number of nitrogens with one attached hydrogen (secondary N) is 1. The number of para-hydroxylation sites is 1. The number of anilines is 1. The summed E-state index contributed by atoms with van der Waals surface area (Å²) in [7, 11) is 1.62. The zero-order chi connectivity index (χ0) is 12.1. The molecule has 0 spiro atoms. The van der Waals surface area contributed by atoms with Gasteiger partial charge in [0, 0.05) is 24.5 Å². The summed E-state index contributed by atoms with van der Waals surface area (Å²) in [5.41, 5.74) is 3.53. The van der Waals surface area contributed by atoms with Gasteiger partial charge in [0.15, 0.2) is 0 Å². The fourth-order valence-electron chi connectivity index (χ4n) is 1.60. The lowest BCUT2D eigenvalue weighted by Crippen LogP contribution is -2.01. The van der Waals surface area contributed by atoms with Crippen LogP contribution < -0.4 is 10.1 Å². The van der Waals surface area contributed by atoms with Gasteiger partial charge in [-0.05, 0) is 24.1 Å². The highest BCUT2D eigenvalue weighted by Crippen LogP contribution is 2.15. The molecule has 17 heavy (non-hydrogen) atoms. The molecule has 3 nitrogen and oxygen atoms in total. The number of hydrogen-bond acceptors (Lipinski definition) is 3. The highest BCUT2D eigenvalue weighted by atomic mass is 16.5. The molecule has 0 fully saturated rings. The minimum Gasteiger partial charge on any atom is -0.481 e. The zero-order valence-electron chi connectivity index (χ0n) is 10.1. The van der Waals surface area contributed by atoms with E-state index in [1.807, 2.05) is 30.5 Å². The Hall–Kier alpha value is -2.03. The number of rotatable bonds is 4. The van der Waals surface area contributed by atoms with Crippen molar-refractivity contribution < 1.29 is 4.74 Å². The Labute approximate surface area is 101 Å². The fourth-order valence-corrected chi connectivity index (χ4v) is 1.60. The van der Waals surface area contributed by atoms with Crippen LogP contribution >= 0.6 is 0 Å². The topological polar surface area (TPSA) is 34.1 Å². The molecular weight excluding hydrogens is 212 g/mol. The van der Waals surface area contributed by atoms with Crippen LogP contribution in [0.25, 0.3) is 0 Å². The van der Waals surface area contributed by atoms with Gasteiger partial charge in [-0.25, -0.2) is 4.98 Å². The number of methoxy groups -OCH3 is 1. The first-order chi connectivity index (χ1) is 8.29. The van der Waals surface area contributed by atoms with Crippen molar-refractivity contribution >= 4 is 5.69 Å². The van der Waals surface area contributed by atoms with E-state index in [2.05, 4.69) is 29.4 Å². The first-order valence-electron chi connectivity index (χ1n) is 5.58. The number of hydrogen-bond donors (Lipinski definition) is 1. The molecule has 2 aromatic rings. The van der Waals surface area contributed by atoms with E-state index in [0.717, 1.165) is 17.8 Å². The number of benzene rings is 1. The van der Waals surface area contributed by atoms with Crippen LogP contribution in [-0.4, -0.2) is 12.1 Å². The van der Waals surface area contributed by atoms with Gasteiger partial charge in [0.05, 0.1) is 7.11 Å². The molecule has 2 rings (SSSR count). The summed E-state index contributed by atoms with van der Waals surface area (Å²) in [6.07, 6.45) is 1.82. The van der Waals surface area contributed by atoms with E-state index in [0.29, 0.717) is 5.88 Å².